The minimum atomic E-state index is -0.208. The van der Waals surface area contributed by atoms with Gasteiger partial charge in [0.25, 0.3) is 5.91 Å². The zero-order valence-electron chi connectivity index (χ0n) is 16.4. The zero-order valence-corrected chi connectivity index (χ0v) is 18.0. The molecule has 0 saturated carbocycles. The Bertz CT molecular complexity index is 975. The average molecular weight is 467 g/mol. The lowest BCUT2D eigenvalue weighted by molar-refractivity contribution is -0.116. The zero-order chi connectivity index (χ0) is 21.2. The molecule has 2 amide bonds. The number of hydrogen-bond acceptors (Lipinski definition) is 3. The highest BCUT2D eigenvalue weighted by molar-refractivity contribution is 9.10. The third-order valence-electron chi connectivity index (χ3n) is 4.40. The van der Waals surface area contributed by atoms with Crippen molar-refractivity contribution >= 4 is 33.4 Å². The lowest BCUT2D eigenvalue weighted by Gasteiger charge is -2.13. The van der Waals surface area contributed by atoms with E-state index in [0.29, 0.717) is 23.6 Å². The van der Waals surface area contributed by atoms with Crippen molar-refractivity contribution in [2.75, 3.05) is 18.5 Å². The minimum Gasteiger partial charge on any atom is -0.491 e. The predicted octanol–water partition coefficient (Wildman–Crippen LogP) is 4.83. The second kappa shape index (κ2) is 11.2. The number of rotatable bonds is 9. The van der Waals surface area contributed by atoms with E-state index in [1.807, 2.05) is 36.4 Å². The second-order valence-corrected chi connectivity index (χ2v) is 7.56. The summed E-state index contributed by atoms with van der Waals surface area (Å²) in [7, 11) is 0. The molecule has 154 valence electrons. The molecule has 2 N–H and O–H groups in total. The first kappa shape index (κ1) is 21.6. The Balaban J connectivity index is 1.45. The highest BCUT2D eigenvalue weighted by Crippen LogP contribution is 2.24. The van der Waals surface area contributed by atoms with Crippen molar-refractivity contribution in [1.82, 2.24) is 5.32 Å². The molecule has 0 bridgehead atoms. The number of carbonyl (C=O) groups excluding carboxylic acids is 2. The van der Waals surface area contributed by atoms with Gasteiger partial charge in [0.1, 0.15) is 5.75 Å². The number of carbonyl (C=O) groups is 2. The fourth-order valence-corrected chi connectivity index (χ4v) is 3.09. The highest BCUT2D eigenvalue weighted by atomic mass is 79.9. The van der Waals surface area contributed by atoms with Gasteiger partial charge < -0.3 is 15.4 Å². The van der Waals surface area contributed by atoms with Crippen LogP contribution in [0, 0.1) is 0 Å². The Kier molecular flexibility index (Phi) is 8.03. The first-order valence-corrected chi connectivity index (χ1v) is 10.5. The van der Waals surface area contributed by atoms with Crippen LogP contribution in [0.3, 0.4) is 0 Å². The molecule has 0 spiro atoms. The SMILES string of the molecule is O=C(CCNC(=O)c1ccc(Br)cc1)Nc1ccccc1OCCc1ccccc1. The summed E-state index contributed by atoms with van der Waals surface area (Å²) in [6.07, 6.45) is 0.950. The number of amides is 2. The summed E-state index contributed by atoms with van der Waals surface area (Å²) in [6.45, 7) is 0.762. The smallest absolute Gasteiger partial charge is 0.251 e. The van der Waals surface area contributed by atoms with Crippen LogP contribution in [0.2, 0.25) is 0 Å². The molecule has 0 radical (unpaired) electrons. The van der Waals surface area contributed by atoms with E-state index >= 15 is 0 Å². The first-order valence-electron chi connectivity index (χ1n) is 9.71. The molecule has 0 atom stereocenters. The number of hydrogen-bond donors (Lipinski definition) is 2. The van der Waals surface area contributed by atoms with Gasteiger partial charge in [0, 0.05) is 29.4 Å². The largest absolute Gasteiger partial charge is 0.491 e. The van der Waals surface area contributed by atoms with Crippen LogP contribution in [0.4, 0.5) is 5.69 Å². The van der Waals surface area contributed by atoms with Gasteiger partial charge in [-0.1, -0.05) is 58.4 Å². The average Bonchev–Trinajstić information content (AvgIpc) is 2.76. The molecular formula is C24H23BrN2O3. The summed E-state index contributed by atoms with van der Waals surface area (Å²) in [6, 6.07) is 24.5. The van der Waals surface area contributed by atoms with E-state index in [0.717, 1.165) is 10.9 Å². The summed E-state index contributed by atoms with van der Waals surface area (Å²) in [4.78, 5) is 24.4. The van der Waals surface area contributed by atoms with Crippen molar-refractivity contribution in [3.63, 3.8) is 0 Å². The number of ether oxygens (including phenoxy) is 1. The number of benzene rings is 3. The van der Waals surface area contributed by atoms with Gasteiger partial charge >= 0.3 is 0 Å². The second-order valence-electron chi connectivity index (χ2n) is 6.64. The lowest BCUT2D eigenvalue weighted by Crippen LogP contribution is -2.27. The number of para-hydroxylation sites is 2. The van der Waals surface area contributed by atoms with E-state index in [1.165, 1.54) is 5.56 Å². The van der Waals surface area contributed by atoms with Gasteiger partial charge in [0.05, 0.1) is 12.3 Å². The molecule has 0 aromatic heterocycles. The molecule has 0 aliphatic rings. The molecule has 3 aromatic rings. The van der Waals surface area contributed by atoms with Gasteiger partial charge in [-0.15, -0.1) is 0 Å². The van der Waals surface area contributed by atoms with Crippen LogP contribution < -0.4 is 15.4 Å². The van der Waals surface area contributed by atoms with Gasteiger partial charge in [-0.3, -0.25) is 9.59 Å². The van der Waals surface area contributed by atoms with Crippen molar-refractivity contribution in [1.29, 1.82) is 0 Å². The highest BCUT2D eigenvalue weighted by Gasteiger charge is 2.09. The van der Waals surface area contributed by atoms with Crippen molar-refractivity contribution in [2.45, 2.75) is 12.8 Å². The molecule has 0 aliphatic heterocycles. The molecular weight excluding hydrogens is 444 g/mol. The maximum Gasteiger partial charge on any atom is 0.251 e. The third-order valence-corrected chi connectivity index (χ3v) is 4.92. The summed E-state index contributed by atoms with van der Waals surface area (Å²) in [5, 5.41) is 5.61. The van der Waals surface area contributed by atoms with E-state index in [2.05, 4.69) is 38.7 Å². The monoisotopic (exact) mass is 466 g/mol. The van der Waals surface area contributed by atoms with Crippen molar-refractivity contribution < 1.29 is 14.3 Å². The van der Waals surface area contributed by atoms with Crippen LogP contribution in [-0.4, -0.2) is 25.0 Å². The fourth-order valence-electron chi connectivity index (χ4n) is 2.82. The van der Waals surface area contributed by atoms with Crippen LogP contribution in [-0.2, 0) is 11.2 Å². The molecule has 0 saturated heterocycles. The standard InChI is InChI=1S/C24H23BrN2O3/c25-20-12-10-19(11-13-20)24(29)26-16-14-23(28)27-21-8-4-5-9-22(21)30-17-15-18-6-2-1-3-7-18/h1-13H,14-17H2,(H,26,29)(H,27,28). The molecule has 3 rings (SSSR count). The van der Waals surface area contributed by atoms with Crippen molar-refractivity contribution in [3.05, 3.63) is 94.5 Å². The molecule has 0 aliphatic carbocycles. The summed E-state index contributed by atoms with van der Waals surface area (Å²) in [5.74, 6) is 0.228. The molecule has 0 fully saturated rings. The summed E-state index contributed by atoms with van der Waals surface area (Å²) >= 11 is 3.34. The Morgan fingerprint density at radius 3 is 2.33 bits per heavy atom. The Labute approximate surface area is 184 Å². The van der Waals surface area contributed by atoms with E-state index in [9.17, 15) is 9.59 Å². The normalized spacial score (nSPS) is 10.3. The maximum atomic E-state index is 12.3. The van der Waals surface area contributed by atoms with Gasteiger partial charge in [-0.25, -0.2) is 0 Å². The maximum absolute atomic E-state index is 12.3. The van der Waals surface area contributed by atoms with Gasteiger partial charge in [-0.05, 0) is 42.0 Å². The molecule has 5 nitrogen and oxygen atoms in total. The number of anilines is 1. The topological polar surface area (TPSA) is 67.4 Å². The van der Waals surface area contributed by atoms with Crippen molar-refractivity contribution in [3.8, 4) is 5.75 Å². The van der Waals surface area contributed by atoms with E-state index in [4.69, 9.17) is 4.74 Å². The van der Waals surface area contributed by atoms with Crippen LogP contribution >= 0.6 is 15.9 Å². The van der Waals surface area contributed by atoms with E-state index in [-0.39, 0.29) is 24.8 Å². The first-order chi connectivity index (χ1) is 14.6. The van der Waals surface area contributed by atoms with Gasteiger partial charge in [0.15, 0.2) is 0 Å². The van der Waals surface area contributed by atoms with Gasteiger partial charge in [-0.2, -0.15) is 0 Å². The van der Waals surface area contributed by atoms with Crippen molar-refractivity contribution in [2.24, 2.45) is 0 Å². The molecule has 0 unspecified atom stereocenters. The summed E-state index contributed by atoms with van der Waals surface area (Å²) in [5.41, 5.74) is 2.37. The quantitative estimate of drug-likeness (QED) is 0.474. The third kappa shape index (κ3) is 6.74. The Morgan fingerprint density at radius 2 is 1.57 bits per heavy atom. The van der Waals surface area contributed by atoms with Crippen LogP contribution in [0.5, 0.6) is 5.75 Å². The molecule has 30 heavy (non-hydrogen) atoms. The molecule has 0 heterocycles. The predicted molar refractivity (Wildman–Crippen MR) is 122 cm³/mol. The fraction of sp³-hybridized carbons (Fsp3) is 0.167. The van der Waals surface area contributed by atoms with Crippen LogP contribution in [0.15, 0.2) is 83.3 Å². The van der Waals surface area contributed by atoms with E-state index < -0.39 is 0 Å². The van der Waals surface area contributed by atoms with Crippen LogP contribution in [0.25, 0.3) is 0 Å². The number of nitrogens with one attached hydrogen (secondary N) is 2. The van der Waals surface area contributed by atoms with Gasteiger partial charge in [0.2, 0.25) is 5.91 Å². The number of halogens is 1. The minimum absolute atomic E-state index is 0.167. The van der Waals surface area contributed by atoms with E-state index in [1.54, 1.807) is 30.3 Å². The Morgan fingerprint density at radius 1 is 0.867 bits per heavy atom. The molecule has 6 heteroatoms. The summed E-state index contributed by atoms with van der Waals surface area (Å²) < 4.78 is 6.77. The molecule has 3 aromatic carbocycles. The van der Waals surface area contributed by atoms with Crippen LogP contribution in [0.1, 0.15) is 22.3 Å². The lowest BCUT2D eigenvalue weighted by atomic mass is 10.2. The Hall–Kier alpha value is -3.12.